The Bertz CT molecular complexity index is 469. The number of thiazole rings is 1. The van der Waals surface area contributed by atoms with Crippen LogP contribution < -0.4 is 4.74 Å². The van der Waals surface area contributed by atoms with Crippen LogP contribution in [0.15, 0.2) is 18.2 Å². The van der Waals surface area contributed by atoms with Gasteiger partial charge in [0.1, 0.15) is 10.8 Å². The van der Waals surface area contributed by atoms with E-state index in [1.165, 1.54) is 4.70 Å². The van der Waals surface area contributed by atoms with Gasteiger partial charge in [-0.05, 0) is 18.6 Å². The fraction of sp³-hybridized carbons (Fsp3) is 0.417. The number of hydrogen-bond acceptors (Lipinski definition) is 3. The molecule has 0 atom stereocenters. The molecule has 0 radical (unpaired) electrons. The quantitative estimate of drug-likeness (QED) is 0.604. The van der Waals surface area contributed by atoms with E-state index < -0.39 is 0 Å². The van der Waals surface area contributed by atoms with E-state index in [-0.39, 0.29) is 0 Å². The van der Waals surface area contributed by atoms with E-state index in [9.17, 15) is 0 Å². The molecule has 0 unspecified atom stereocenters. The number of rotatable bonds is 5. The third-order valence-corrected chi connectivity index (χ3v) is 4.22. The average Bonchev–Trinajstić information content (AvgIpc) is 2.71. The monoisotopic (exact) mass is 299 g/mol. The van der Waals surface area contributed by atoms with E-state index in [1.807, 2.05) is 12.1 Å². The zero-order chi connectivity index (χ0) is 11.4. The summed E-state index contributed by atoms with van der Waals surface area (Å²) in [4.78, 5) is 4.51. The van der Waals surface area contributed by atoms with Crippen LogP contribution in [0.3, 0.4) is 0 Å². The van der Waals surface area contributed by atoms with Crippen molar-refractivity contribution in [1.82, 2.24) is 4.98 Å². The topological polar surface area (TPSA) is 22.1 Å². The van der Waals surface area contributed by atoms with Crippen molar-refractivity contribution in [2.24, 2.45) is 0 Å². The van der Waals surface area contributed by atoms with Gasteiger partial charge in [-0.15, -0.1) is 11.3 Å². The molecule has 0 aliphatic rings. The van der Waals surface area contributed by atoms with Crippen LogP contribution in [0, 0.1) is 0 Å². The summed E-state index contributed by atoms with van der Waals surface area (Å²) < 4.78 is 6.87. The Kier molecular flexibility index (Phi) is 4.18. The lowest BCUT2D eigenvalue weighted by Gasteiger charge is -2.04. The van der Waals surface area contributed by atoms with E-state index in [1.54, 1.807) is 11.3 Å². The molecule has 0 bridgehead atoms. The maximum atomic E-state index is 5.65. The predicted octanol–water partition coefficient (Wildman–Crippen LogP) is 4.37. The molecule has 1 aromatic heterocycles. The Morgan fingerprint density at radius 1 is 1.44 bits per heavy atom. The smallest absolute Gasteiger partial charge is 0.121 e. The highest BCUT2D eigenvalue weighted by atomic mass is 79.9. The van der Waals surface area contributed by atoms with Gasteiger partial charge in [-0.3, -0.25) is 0 Å². The average molecular weight is 300 g/mol. The highest BCUT2D eigenvalue weighted by Crippen LogP contribution is 2.27. The second kappa shape index (κ2) is 5.64. The molecule has 4 heteroatoms. The fourth-order valence-electron chi connectivity index (χ4n) is 1.44. The number of hydrogen-bond donors (Lipinski definition) is 0. The Hall–Kier alpha value is -0.610. The number of halogens is 1. The molecule has 2 aromatic rings. The number of fused-ring (bicyclic) bond motifs is 1. The lowest BCUT2D eigenvalue weighted by molar-refractivity contribution is 0.310. The predicted molar refractivity (Wildman–Crippen MR) is 72.7 cm³/mol. The molecule has 1 aromatic carbocycles. The summed E-state index contributed by atoms with van der Waals surface area (Å²) in [5, 5.41) is 1.93. The summed E-state index contributed by atoms with van der Waals surface area (Å²) >= 11 is 5.14. The number of alkyl halides is 1. The summed E-state index contributed by atoms with van der Waals surface area (Å²) in [5.41, 5.74) is 1.04. The van der Waals surface area contributed by atoms with Crippen LogP contribution in [0.2, 0.25) is 0 Å². The van der Waals surface area contributed by atoms with Gasteiger partial charge in [0, 0.05) is 6.07 Å². The summed E-state index contributed by atoms with van der Waals surface area (Å²) in [7, 11) is 0. The van der Waals surface area contributed by atoms with Crippen LogP contribution in [-0.4, -0.2) is 11.6 Å². The zero-order valence-electron chi connectivity index (χ0n) is 9.20. The highest BCUT2D eigenvalue weighted by Gasteiger charge is 2.03. The molecule has 16 heavy (non-hydrogen) atoms. The number of aromatic nitrogens is 1. The summed E-state index contributed by atoms with van der Waals surface area (Å²) in [6, 6.07) is 6.13. The van der Waals surface area contributed by atoms with Gasteiger partial charge >= 0.3 is 0 Å². The van der Waals surface area contributed by atoms with Gasteiger partial charge in [-0.1, -0.05) is 29.3 Å². The minimum absolute atomic E-state index is 0.789. The fourth-order valence-corrected chi connectivity index (χ4v) is 2.70. The summed E-state index contributed by atoms with van der Waals surface area (Å²) in [5.74, 6) is 0.923. The lowest BCUT2D eigenvalue weighted by Crippen LogP contribution is -1.95. The third kappa shape index (κ3) is 2.74. The van der Waals surface area contributed by atoms with E-state index >= 15 is 0 Å². The van der Waals surface area contributed by atoms with Crippen molar-refractivity contribution in [3.05, 3.63) is 23.2 Å². The molecule has 0 saturated carbocycles. The number of nitrogens with zero attached hydrogens (tertiary/aromatic N) is 1. The van der Waals surface area contributed by atoms with Crippen LogP contribution >= 0.6 is 27.3 Å². The van der Waals surface area contributed by atoms with E-state index in [4.69, 9.17) is 4.74 Å². The maximum Gasteiger partial charge on any atom is 0.121 e. The van der Waals surface area contributed by atoms with Crippen molar-refractivity contribution in [3.8, 4) is 5.75 Å². The normalized spacial score (nSPS) is 10.9. The van der Waals surface area contributed by atoms with Gasteiger partial charge in [-0.25, -0.2) is 4.98 Å². The molecule has 1 heterocycles. The molecular weight excluding hydrogens is 286 g/mol. The van der Waals surface area contributed by atoms with Crippen LogP contribution in [0.25, 0.3) is 10.2 Å². The van der Waals surface area contributed by atoms with Crippen LogP contribution in [0.1, 0.15) is 24.8 Å². The maximum absolute atomic E-state index is 5.65. The van der Waals surface area contributed by atoms with Crippen LogP contribution in [-0.2, 0) is 5.33 Å². The van der Waals surface area contributed by atoms with E-state index in [0.717, 1.165) is 41.1 Å². The van der Waals surface area contributed by atoms with E-state index in [2.05, 4.69) is 33.9 Å². The van der Waals surface area contributed by atoms with Crippen molar-refractivity contribution in [2.75, 3.05) is 6.61 Å². The second-order valence-electron chi connectivity index (χ2n) is 3.57. The van der Waals surface area contributed by atoms with Gasteiger partial charge in [0.2, 0.25) is 0 Å². The Morgan fingerprint density at radius 2 is 2.31 bits per heavy atom. The molecule has 0 N–H and O–H groups in total. The Labute approximate surface area is 108 Å². The molecule has 86 valence electrons. The van der Waals surface area contributed by atoms with Gasteiger partial charge in [0.05, 0.1) is 22.2 Å². The standard InChI is InChI=1S/C12H14BrNOS/c1-2-3-6-15-9-4-5-11-10(7-9)14-12(8-13)16-11/h4-5,7H,2-3,6,8H2,1H3. The summed E-state index contributed by atoms with van der Waals surface area (Å²) in [6.07, 6.45) is 2.26. The van der Waals surface area contributed by atoms with Gasteiger partial charge < -0.3 is 4.74 Å². The van der Waals surface area contributed by atoms with Crippen molar-refractivity contribution in [1.29, 1.82) is 0 Å². The largest absolute Gasteiger partial charge is 0.494 e. The van der Waals surface area contributed by atoms with Crippen molar-refractivity contribution >= 4 is 37.5 Å². The van der Waals surface area contributed by atoms with E-state index in [0.29, 0.717) is 0 Å². The Balaban J connectivity index is 2.15. The van der Waals surface area contributed by atoms with Crippen LogP contribution in [0.5, 0.6) is 5.75 Å². The van der Waals surface area contributed by atoms with Crippen molar-refractivity contribution < 1.29 is 4.74 Å². The molecule has 2 nitrogen and oxygen atoms in total. The second-order valence-corrected chi connectivity index (χ2v) is 5.25. The molecule has 0 aliphatic carbocycles. The molecule has 0 spiro atoms. The zero-order valence-corrected chi connectivity index (χ0v) is 11.6. The molecule has 0 fully saturated rings. The minimum Gasteiger partial charge on any atom is -0.494 e. The number of ether oxygens (including phenoxy) is 1. The lowest BCUT2D eigenvalue weighted by atomic mass is 10.3. The first-order valence-electron chi connectivity index (χ1n) is 5.41. The molecule has 0 aliphatic heterocycles. The first-order chi connectivity index (χ1) is 7.83. The highest BCUT2D eigenvalue weighted by molar-refractivity contribution is 9.08. The minimum atomic E-state index is 0.789. The molecule has 0 amide bonds. The molecular formula is C12H14BrNOS. The van der Waals surface area contributed by atoms with Crippen LogP contribution in [0.4, 0.5) is 0 Å². The molecule has 0 saturated heterocycles. The molecule has 2 rings (SSSR count). The number of unbranched alkanes of at least 4 members (excludes halogenated alkanes) is 1. The van der Waals surface area contributed by atoms with Gasteiger partial charge in [0.15, 0.2) is 0 Å². The Morgan fingerprint density at radius 3 is 3.06 bits per heavy atom. The number of benzene rings is 1. The van der Waals surface area contributed by atoms with Crippen molar-refractivity contribution in [3.63, 3.8) is 0 Å². The summed E-state index contributed by atoms with van der Waals surface area (Å²) in [6.45, 7) is 2.95. The first kappa shape index (κ1) is 11.9. The van der Waals surface area contributed by atoms with Crippen molar-refractivity contribution in [2.45, 2.75) is 25.1 Å². The first-order valence-corrected chi connectivity index (χ1v) is 7.35. The van der Waals surface area contributed by atoms with Gasteiger partial charge in [0.25, 0.3) is 0 Å². The SMILES string of the molecule is CCCCOc1ccc2sc(CBr)nc2c1. The third-order valence-electron chi connectivity index (χ3n) is 2.28. The van der Waals surface area contributed by atoms with Gasteiger partial charge in [-0.2, -0.15) is 0 Å².